The molecule has 12 heteroatoms. The highest BCUT2D eigenvalue weighted by atomic mass is 16.8. The van der Waals surface area contributed by atoms with Crippen LogP contribution in [0.1, 0.15) is 120 Å². The van der Waals surface area contributed by atoms with Gasteiger partial charge in [0.2, 0.25) is 0 Å². The summed E-state index contributed by atoms with van der Waals surface area (Å²) < 4.78 is 77.0. The van der Waals surface area contributed by atoms with Crippen LogP contribution < -0.4 is 0 Å². The molecule has 5 aromatic rings. The average Bonchev–Trinajstić information content (AvgIpc) is 1.50. The van der Waals surface area contributed by atoms with Crippen molar-refractivity contribution >= 4 is 0 Å². The van der Waals surface area contributed by atoms with E-state index in [2.05, 4.69) is 70.2 Å². The van der Waals surface area contributed by atoms with Gasteiger partial charge in [-0.1, -0.05) is 191 Å². The molecule has 0 amide bonds. The summed E-state index contributed by atoms with van der Waals surface area (Å²) >= 11 is 0. The van der Waals surface area contributed by atoms with Crippen LogP contribution >= 0.6 is 0 Å². The normalized spacial score (nSPS) is 39.2. The maximum atomic E-state index is 13.0. The van der Waals surface area contributed by atoms with Gasteiger partial charge in [0, 0.05) is 12.3 Å². The van der Waals surface area contributed by atoms with Crippen LogP contribution in [0.2, 0.25) is 0 Å². The van der Waals surface area contributed by atoms with Crippen LogP contribution in [0.25, 0.3) is 0 Å². The highest BCUT2D eigenvalue weighted by Crippen LogP contribution is 2.71. The standard InChI is InChI=1S/C74H92O12/c1-48-33-38-74(81-41-48)49(2)63-61(86-74)40-60-58-32-31-56-39-57(34-36-72(56,4)59(58)35-37-73(60,63)5)83-70-64(75)67(78-44-53-25-15-8-16-26-53)66(62(84-70)47-76-42-51-21-11-6-12-22-51)85-71-69(80-46-55-29-19-10-20-30-55)68(79-45-54-27-17-9-18-28-54)65(50(3)82-71)77-43-52-23-13-7-14-24-52/h6-31,48-50,57-71,75H,32-47H2,1-5H3/t48-,49+,50+,57+,58-,59+,60+,61+,62-,63+,64-,65+,66-,67-,68-,69-,70-,71+,72+,73+,74-/m1/s1. The van der Waals surface area contributed by atoms with Crippen molar-refractivity contribution in [3.63, 3.8) is 0 Å². The quantitative estimate of drug-likeness (QED) is 0.0747. The average molecular weight is 1170 g/mol. The zero-order valence-electron chi connectivity index (χ0n) is 51.2. The van der Waals surface area contributed by atoms with Crippen LogP contribution in [-0.2, 0) is 85.1 Å². The van der Waals surface area contributed by atoms with Gasteiger partial charge in [-0.2, -0.15) is 0 Å². The molecule has 0 bridgehead atoms. The molecule has 460 valence electrons. The van der Waals surface area contributed by atoms with Crippen molar-refractivity contribution in [2.24, 2.45) is 46.3 Å². The third-order valence-electron chi connectivity index (χ3n) is 21.8. The van der Waals surface area contributed by atoms with Crippen molar-refractivity contribution in [1.29, 1.82) is 0 Å². The molecule has 0 radical (unpaired) electrons. The van der Waals surface area contributed by atoms with Gasteiger partial charge >= 0.3 is 0 Å². The van der Waals surface area contributed by atoms with Crippen molar-refractivity contribution in [3.05, 3.63) is 191 Å². The molecule has 5 aromatic carbocycles. The van der Waals surface area contributed by atoms with E-state index in [0.29, 0.717) is 55.3 Å². The molecule has 1 N–H and O–H groups in total. The van der Waals surface area contributed by atoms with Gasteiger partial charge in [0.1, 0.15) is 42.7 Å². The maximum Gasteiger partial charge on any atom is 0.187 e. The Labute approximate surface area is 510 Å². The van der Waals surface area contributed by atoms with Gasteiger partial charge in [0.25, 0.3) is 0 Å². The van der Waals surface area contributed by atoms with Crippen LogP contribution in [0.15, 0.2) is 163 Å². The van der Waals surface area contributed by atoms with Crippen molar-refractivity contribution in [3.8, 4) is 0 Å². The first-order valence-corrected chi connectivity index (χ1v) is 32.5. The molecule has 86 heavy (non-hydrogen) atoms. The second-order valence-corrected chi connectivity index (χ2v) is 27.2. The number of rotatable bonds is 20. The van der Waals surface area contributed by atoms with Gasteiger partial charge in [-0.05, 0) is 127 Å². The largest absolute Gasteiger partial charge is 0.385 e. The Morgan fingerprint density at radius 3 is 1.69 bits per heavy atom. The first-order chi connectivity index (χ1) is 41.9. The monoisotopic (exact) mass is 1170 g/mol. The first kappa shape index (κ1) is 60.3. The van der Waals surface area contributed by atoms with Gasteiger partial charge in [0.05, 0.1) is 64.6 Å². The Morgan fingerprint density at radius 1 is 0.547 bits per heavy atom. The lowest BCUT2D eigenvalue weighted by molar-refractivity contribution is -0.374. The highest BCUT2D eigenvalue weighted by molar-refractivity contribution is 5.27. The lowest BCUT2D eigenvalue weighted by Crippen LogP contribution is -2.65. The van der Waals surface area contributed by atoms with Gasteiger partial charge in [-0.15, -0.1) is 0 Å². The number of ether oxygens (including phenoxy) is 11. The summed E-state index contributed by atoms with van der Waals surface area (Å²) in [5.74, 6) is 2.98. The molecule has 0 aromatic heterocycles. The van der Waals surface area contributed by atoms with Gasteiger partial charge in [-0.25, -0.2) is 0 Å². The molecule has 4 heterocycles. The second-order valence-electron chi connectivity index (χ2n) is 27.2. The third-order valence-corrected chi connectivity index (χ3v) is 21.8. The molecular formula is C74H92O12. The lowest BCUT2D eigenvalue weighted by atomic mass is 9.47. The fourth-order valence-corrected chi connectivity index (χ4v) is 17.2. The molecule has 12 nitrogen and oxygen atoms in total. The van der Waals surface area contributed by atoms with E-state index in [-0.39, 0.29) is 42.9 Å². The van der Waals surface area contributed by atoms with E-state index in [1.807, 2.05) is 122 Å². The third kappa shape index (κ3) is 12.5. The number of benzene rings is 5. The Morgan fingerprint density at radius 2 is 1.10 bits per heavy atom. The number of hydrogen-bond acceptors (Lipinski definition) is 12. The molecule has 7 fully saturated rings. The summed E-state index contributed by atoms with van der Waals surface area (Å²) in [4.78, 5) is 0. The predicted molar refractivity (Wildman–Crippen MR) is 327 cm³/mol. The van der Waals surface area contributed by atoms with E-state index in [1.165, 1.54) is 24.8 Å². The number of aliphatic hydroxyl groups excluding tert-OH is 1. The summed E-state index contributed by atoms with van der Waals surface area (Å²) in [5.41, 5.74) is 6.81. The lowest BCUT2D eigenvalue weighted by Gasteiger charge is -2.58. The summed E-state index contributed by atoms with van der Waals surface area (Å²) in [6.45, 7) is 14.3. The Bertz CT molecular complexity index is 2960. The zero-order valence-corrected chi connectivity index (χ0v) is 51.2. The van der Waals surface area contributed by atoms with Crippen molar-refractivity contribution in [1.82, 2.24) is 0 Å². The Kier molecular flexibility index (Phi) is 18.5. The molecule has 13 rings (SSSR count). The minimum atomic E-state index is -1.26. The fraction of sp³-hybridized carbons (Fsp3) is 0.568. The van der Waals surface area contributed by atoms with E-state index in [4.69, 9.17) is 52.1 Å². The van der Waals surface area contributed by atoms with E-state index >= 15 is 0 Å². The predicted octanol–water partition coefficient (Wildman–Crippen LogP) is 13.5. The molecule has 21 atom stereocenters. The van der Waals surface area contributed by atoms with E-state index < -0.39 is 67.2 Å². The van der Waals surface area contributed by atoms with Crippen LogP contribution in [0, 0.1) is 46.3 Å². The Balaban J connectivity index is 0.773. The minimum absolute atomic E-state index is 0.0722. The Hall–Kier alpha value is -4.64. The molecule has 8 aliphatic rings. The summed E-state index contributed by atoms with van der Waals surface area (Å²) in [6, 6.07) is 50.5. The van der Waals surface area contributed by atoms with Crippen LogP contribution in [0.5, 0.6) is 0 Å². The molecule has 4 aliphatic carbocycles. The number of fused-ring (bicyclic) bond motifs is 7. The minimum Gasteiger partial charge on any atom is -0.385 e. The van der Waals surface area contributed by atoms with E-state index in [0.717, 1.165) is 72.9 Å². The number of allylic oxidation sites excluding steroid dienone is 1. The maximum absolute atomic E-state index is 13.0. The molecule has 4 saturated heterocycles. The van der Waals surface area contributed by atoms with E-state index in [9.17, 15) is 5.11 Å². The zero-order chi connectivity index (χ0) is 58.8. The highest BCUT2D eigenvalue weighted by Gasteiger charge is 2.69. The molecule has 1 spiro atoms. The van der Waals surface area contributed by atoms with Crippen LogP contribution in [0.3, 0.4) is 0 Å². The first-order valence-electron chi connectivity index (χ1n) is 32.5. The number of hydrogen-bond donors (Lipinski definition) is 1. The van der Waals surface area contributed by atoms with Crippen molar-refractivity contribution in [2.45, 2.75) is 205 Å². The smallest absolute Gasteiger partial charge is 0.187 e. The van der Waals surface area contributed by atoms with Crippen molar-refractivity contribution in [2.75, 3.05) is 13.2 Å². The second kappa shape index (κ2) is 26.4. The summed E-state index contributed by atoms with van der Waals surface area (Å²) in [5, 5.41) is 13.0. The SMILES string of the molecule is C[C@@H]1CC[C@@]2(OC1)O[C@H]1C[C@H]3[C@@H]4CC=C5C[C@@H](O[C@@H]6O[C@H](COCc7ccccc7)[C@@H](O[C@@H]7O[C@@H](C)[C@H](OCc8ccccc8)[C@@H](OCc8ccccc8)[C@H]7OCc7ccccc7)[C@H](OCc7ccccc7)[C@H]6O)CC[C@]5(C)[C@H]4CC[C@]3(C)[C@H]1[C@@H]2C. The van der Waals surface area contributed by atoms with Gasteiger partial charge < -0.3 is 57.2 Å². The topological polar surface area (TPSA) is 122 Å². The molecule has 4 aliphatic heterocycles. The van der Waals surface area contributed by atoms with E-state index in [1.54, 1.807) is 0 Å². The fourth-order valence-electron chi connectivity index (χ4n) is 17.2. The van der Waals surface area contributed by atoms with Gasteiger partial charge in [-0.3, -0.25) is 0 Å². The number of aliphatic hydroxyl groups is 1. The summed E-state index contributed by atoms with van der Waals surface area (Å²) in [7, 11) is 0. The molecular weight excluding hydrogens is 1080 g/mol. The molecule has 0 unspecified atom stereocenters. The van der Waals surface area contributed by atoms with Crippen LogP contribution in [0.4, 0.5) is 0 Å². The molecule has 3 saturated carbocycles. The van der Waals surface area contributed by atoms with Crippen LogP contribution in [-0.4, -0.2) is 97.7 Å². The van der Waals surface area contributed by atoms with Crippen molar-refractivity contribution < 1.29 is 57.2 Å². The summed E-state index contributed by atoms with van der Waals surface area (Å²) in [6.07, 6.45) is 3.67. The van der Waals surface area contributed by atoms with Gasteiger partial charge in [0.15, 0.2) is 18.4 Å².